The fourth-order valence-electron chi connectivity index (χ4n) is 5.20. The molecule has 0 aliphatic carbocycles. The number of aliphatic hydroxyl groups is 1. The molecule has 7 nitrogen and oxygen atoms in total. The van der Waals surface area contributed by atoms with Crippen molar-refractivity contribution in [3.8, 4) is 5.75 Å². The number of hydrogen-bond acceptors (Lipinski definition) is 7. The minimum absolute atomic E-state index is 0.0111. The number of halogens is 3. The van der Waals surface area contributed by atoms with Crippen LogP contribution in [0, 0.1) is 13.8 Å². The van der Waals surface area contributed by atoms with Gasteiger partial charge in [-0.1, -0.05) is 6.07 Å². The first-order chi connectivity index (χ1) is 18.1. The van der Waals surface area contributed by atoms with Gasteiger partial charge in [0, 0.05) is 44.0 Å². The van der Waals surface area contributed by atoms with Crippen LogP contribution in [-0.2, 0) is 6.18 Å². The summed E-state index contributed by atoms with van der Waals surface area (Å²) in [6.07, 6.45) is -1.11. The summed E-state index contributed by atoms with van der Waals surface area (Å²) < 4.78 is 41.7. The van der Waals surface area contributed by atoms with Gasteiger partial charge in [0.15, 0.2) is 6.29 Å². The number of likely N-dealkylation sites (tertiary alicyclic amines) is 2. The SMILES string of the molecule is Cc1c(OCCCNCCO)ccc([C@H](C)N2CC3CC2CN3C)c1C.O=Cc1ccc(C(F)(F)F)cn1. The molecule has 2 saturated heterocycles. The van der Waals surface area contributed by atoms with E-state index in [9.17, 15) is 18.0 Å². The van der Waals surface area contributed by atoms with Gasteiger partial charge in [-0.2, -0.15) is 13.2 Å². The quantitative estimate of drug-likeness (QED) is 0.351. The Morgan fingerprint density at radius 1 is 1.16 bits per heavy atom. The number of nitrogens with one attached hydrogen (secondary N) is 1. The molecular formula is C28H39F3N4O3. The van der Waals surface area contributed by atoms with Crippen molar-refractivity contribution in [2.45, 2.75) is 57.9 Å². The van der Waals surface area contributed by atoms with E-state index in [0.29, 0.717) is 37.7 Å². The molecule has 3 heterocycles. The maximum Gasteiger partial charge on any atom is 0.417 e. The second-order valence-electron chi connectivity index (χ2n) is 10.0. The monoisotopic (exact) mass is 536 g/mol. The molecule has 210 valence electrons. The van der Waals surface area contributed by atoms with E-state index in [2.05, 4.69) is 60.1 Å². The Balaban J connectivity index is 0.000000279. The largest absolute Gasteiger partial charge is 0.493 e. The fourth-order valence-corrected chi connectivity index (χ4v) is 5.20. The first-order valence-corrected chi connectivity index (χ1v) is 13.1. The molecule has 0 amide bonds. The molecule has 2 aromatic rings. The third-order valence-electron chi connectivity index (χ3n) is 7.56. The van der Waals surface area contributed by atoms with Crippen molar-refractivity contribution in [3.05, 3.63) is 58.4 Å². The molecule has 2 fully saturated rings. The van der Waals surface area contributed by atoms with Crippen LogP contribution in [0.15, 0.2) is 30.5 Å². The van der Waals surface area contributed by atoms with Crippen molar-refractivity contribution in [3.63, 3.8) is 0 Å². The van der Waals surface area contributed by atoms with E-state index in [4.69, 9.17) is 9.84 Å². The summed E-state index contributed by atoms with van der Waals surface area (Å²) in [6.45, 7) is 11.6. The van der Waals surface area contributed by atoms with Crippen molar-refractivity contribution in [2.75, 3.05) is 46.4 Å². The Kier molecular flexibility index (Phi) is 10.7. The van der Waals surface area contributed by atoms with E-state index in [1.54, 1.807) is 0 Å². The van der Waals surface area contributed by atoms with Crippen LogP contribution >= 0.6 is 0 Å². The number of aliphatic hydroxyl groups excluding tert-OH is 1. The fraction of sp³-hybridized carbons (Fsp3) is 0.571. The highest BCUT2D eigenvalue weighted by atomic mass is 19.4. The number of rotatable bonds is 10. The number of ether oxygens (including phenoxy) is 1. The van der Waals surface area contributed by atoms with Gasteiger partial charge in [-0.05, 0) is 82.1 Å². The smallest absolute Gasteiger partial charge is 0.417 e. The number of carbonyl (C=O) groups is 1. The number of aromatic nitrogens is 1. The van der Waals surface area contributed by atoms with E-state index in [1.807, 2.05) is 0 Å². The minimum Gasteiger partial charge on any atom is -0.493 e. The number of alkyl halides is 3. The highest BCUT2D eigenvalue weighted by Gasteiger charge is 2.43. The first kappa shape index (κ1) is 30.0. The Bertz CT molecular complexity index is 1050. The van der Waals surface area contributed by atoms with Crippen molar-refractivity contribution >= 4 is 6.29 Å². The van der Waals surface area contributed by atoms with Gasteiger partial charge in [-0.25, -0.2) is 0 Å². The van der Waals surface area contributed by atoms with Crippen LogP contribution in [-0.4, -0.2) is 84.7 Å². The molecule has 2 unspecified atom stereocenters. The number of benzene rings is 1. The van der Waals surface area contributed by atoms with Crippen molar-refractivity contribution in [2.24, 2.45) is 0 Å². The molecule has 1 aromatic heterocycles. The van der Waals surface area contributed by atoms with Gasteiger partial charge in [0.05, 0.1) is 18.8 Å². The number of likely N-dealkylation sites (N-methyl/N-ethyl adjacent to an activating group) is 1. The molecule has 1 aromatic carbocycles. The molecule has 4 rings (SSSR count). The number of fused-ring (bicyclic) bond motifs is 2. The van der Waals surface area contributed by atoms with Crippen LogP contribution in [0.4, 0.5) is 13.2 Å². The summed E-state index contributed by atoms with van der Waals surface area (Å²) in [6, 6.07) is 8.17. The minimum atomic E-state index is -4.39. The first-order valence-electron chi connectivity index (χ1n) is 13.1. The van der Waals surface area contributed by atoms with Gasteiger partial charge in [0.2, 0.25) is 0 Å². The number of pyridine rings is 1. The summed E-state index contributed by atoms with van der Waals surface area (Å²) >= 11 is 0. The normalized spacial score (nSPS) is 20.2. The van der Waals surface area contributed by atoms with Crippen LogP contribution in [0.1, 0.15) is 58.5 Å². The second-order valence-corrected chi connectivity index (χ2v) is 10.0. The number of aldehydes is 1. The number of hydrogen-bond donors (Lipinski definition) is 2. The van der Waals surface area contributed by atoms with E-state index in [0.717, 1.165) is 36.9 Å². The third kappa shape index (κ3) is 7.53. The topological polar surface area (TPSA) is 77.9 Å². The molecule has 0 radical (unpaired) electrons. The highest BCUT2D eigenvalue weighted by molar-refractivity contribution is 5.71. The summed E-state index contributed by atoms with van der Waals surface area (Å²) in [5.41, 5.74) is 3.20. The Morgan fingerprint density at radius 2 is 1.92 bits per heavy atom. The van der Waals surface area contributed by atoms with Crippen LogP contribution in [0.2, 0.25) is 0 Å². The lowest BCUT2D eigenvalue weighted by atomic mass is 9.96. The maximum atomic E-state index is 11.9. The predicted octanol–water partition coefficient (Wildman–Crippen LogP) is 4.02. The maximum absolute atomic E-state index is 11.9. The Morgan fingerprint density at radius 3 is 2.47 bits per heavy atom. The average Bonchev–Trinajstić information content (AvgIpc) is 3.48. The lowest BCUT2D eigenvalue weighted by molar-refractivity contribution is -0.137. The van der Waals surface area contributed by atoms with Crippen LogP contribution in [0.25, 0.3) is 0 Å². The second kappa shape index (κ2) is 13.5. The molecule has 2 aliphatic rings. The summed E-state index contributed by atoms with van der Waals surface area (Å²) in [7, 11) is 2.26. The Hall–Kier alpha value is -2.53. The molecule has 0 saturated carbocycles. The van der Waals surface area contributed by atoms with Crippen molar-refractivity contribution < 1.29 is 27.8 Å². The number of nitrogens with zero attached hydrogens (tertiary/aromatic N) is 3. The molecule has 2 aliphatic heterocycles. The highest BCUT2D eigenvalue weighted by Crippen LogP contribution is 2.38. The van der Waals surface area contributed by atoms with Gasteiger partial charge < -0.3 is 20.1 Å². The van der Waals surface area contributed by atoms with Gasteiger partial charge in [-0.3, -0.25) is 14.7 Å². The van der Waals surface area contributed by atoms with E-state index < -0.39 is 11.7 Å². The zero-order valence-corrected chi connectivity index (χ0v) is 22.6. The summed E-state index contributed by atoms with van der Waals surface area (Å²) in [4.78, 5) is 18.5. The molecule has 3 atom stereocenters. The molecule has 2 bridgehead atoms. The van der Waals surface area contributed by atoms with Gasteiger partial charge in [0.1, 0.15) is 11.4 Å². The third-order valence-corrected chi connectivity index (χ3v) is 7.56. The van der Waals surface area contributed by atoms with Gasteiger partial charge in [-0.15, -0.1) is 0 Å². The summed E-state index contributed by atoms with van der Waals surface area (Å²) in [5.74, 6) is 1.00. The Labute approximate surface area is 223 Å². The molecule has 38 heavy (non-hydrogen) atoms. The molecule has 0 spiro atoms. The summed E-state index contributed by atoms with van der Waals surface area (Å²) in [5, 5.41) is 11.9. The van der Waals surface area contributed by atoms with E-state index >= 15 is 0 Å². The van der Waals surface area contributed by atoms with Gasteiger partial charge in [0.25, 0.3) is 0 Å². The van der Waals surface area contributed by atoms with Crippen LogP contribution < -0.4 is 10.1 Å². The van der Waals surface area contributed by atoms with Crippen molar-refractivity contribution in [1.29, 1.82) is 0 Å². The average molecular weight is 537 g/mol. The molecular weight excluding hydrogens is 497 g/mol. The van der Waals surface area contributed by atoms with E-state index in [1.165, 1.54) is 36.2 Å². The molecule has 10 heteroatoms. The zero-order valence-electron chi connectivity index (χ0n) is 22.6. The van der Waals surface area contributed by atoms with Crippen LogP contribution in [0.3, 0.4) is 0 Å². The van der Waals surface area contributed by atoms with Crippen molar-refractivity contribution in [1.82, 2.24) is 20.1 Å². The zero-order chi connectivity index (χ0) is 27.9. The van der Waals surface area contributed by atoms with E-state index in [-0.39, 0.29) is 12.3 Å². The predicted molar refractivity (Wildman–Crippen MR) is 141 cm³/mol. The standard InChI is InChI=1S/C21H35N3O2.C7H4F3NO/c1-15-16(2)21(26-11-5-8-22-9-10-25)7-6-20(15)17(3)24-14-18-12-19(24)13-23(18)4;8-7(9,10)5-1-2-6(4-12)11-3-5/h6-7,17-19,22,25H,5,8-14H2,1-4H3;1-4H/t17-,18?,19?;/m0./s1. The lowest BCUT2D eigenvalue weighted by Gasteiger charge is -2.37. The lowest BCUT2D eigenvalue weighted by Crippen LogP contribution is -2.45. The number of carbonyl (C=O) groups excluding carboxylic acids is 1. The van der Waals surface area contributed by atoms with Crippen LogP contribution in [0.5, 0.6) is 5.75 Å². The molecule has 2 N–H and O–H groups in total. The van der Waals surface area contributed by atoms with Gasteiger partial charge >= 0.3 is 6.18 Å². The number of piperazine rings is 1.